The molecule has 1 aliphatic rings. The SMILES string of the molecule is CC(=O)Nc1ccc(S(=O)(=O)NN2CC[S@@](=O)[C@H](C)C2)cc1. The number of anilines is 1. The van der Waals surface area contributed by atoms with Gasteiger partial charge in [0.15, 0.2) is 0 Å². The molecule has 0 saturated carbocycles. The molecule has 1 saturated heterocycles. The maximum Gasteiger partial charge on any atom is 0.253 e. The lowest BCUT2D eigenvalue weighted by atomic mass is 10.3. The molecule has 22 heavy (non-hydrogen) atoms. The van der Waals surface area contributed by atoms with Gasteiger partial charge in [-0.1, -0.05) is 0 Å². The minimum Gasteiger partial charge on any atom is -0.326 e. The standard InChI is InChI=1S/C13H19N3O4S2/c1-10-9-16(7-8-21(10)18)15-22(19,20)13-5-3-12(4-6-13)14-11(2)17/h3-6,10,15H,7-9H2,1-2H3,(H,14,17)/t10-,21-/m1/s1. The fourth-order valence-corrected chi connectivity index (χ4v) is 4.37. The van der Waals surface area contributed by atoms with Crippen LogP contribution in [-0.2, 0) is 25.6 Å². The number of nitrogens with one attached hydrogen (secondary N) is 2. The van der Waals surface area contributed by atoms with Crippen molar-refractivity contribution in [2.45, 2.75) is 24.0 Å². The Hall–Kier alpha value is -1.29. The summed E-state index contributed by atoms with van der Waals surface area (Å²) in [4.78, 5) is 13.6. The third kappa shape index (κ3) is 4.35. The van der Waals surface area contributed by atoms with Gasteiger partial charge in [0.1, 0.15) is 0 Å². The second kappa shape index (κ2) is 6.86. The van der Waals surface area contributed by atoms with Crippen molar-refractivity contribution in [3.8, 4) is 0 Å². The predicted molar refractivity (Wildman–Crippen MR) is 85.1 cm³/mol. The molecule has 2 rings (SSSR count). The van der Waals surface area contributed by atoms with Crippen LogP contribution in [0.1, 0.15) is 13.8 Å². The van der Waals surface area contributed by atoms with E-state index in [0.29, 0.717) is 24.5 Å². The Balaban J connectivity index is 2.07. The van der Waals surface area contributed by atoms with Gasteiger partial charge in [-0.2, -0.15) is 0 Å². The zero-order valence-corrected chi connectivity index (χ0v) is 14.0. The van der Waals surface area contributed by atoms with Crippen molar-refractivity contribution in [3.63, 3.8) is 0 Å². The van der Waals surface area contributed by atoms with E-state index in [1.807, 2.05) is 6.92 Å². The average Bonchev–Trinajstić information content (AvgIpc) is 2.42. The first kappa shape index (κ1) is 17.1. The lowest BCUT2D eigenvalue weighted by molar-refractivity contribution is -0.114. The molecule has 2 N–H and O–H groups in total. The summed E-state index contributed by atoms with van der Waals surface area (Å²) < 4.78 is 36.2. The highest BCUT2D eigenvalue weighted by Crippen LogP contribution is 2.15. The Morgan fingerprint density at radius 1 is 1.32 bits per heavy atom. The van der Waals surface area contributed by atoms with Crippen LogP contribution in [-0.4, -0.2) is 47.6 Å². The molecular formula is C13H19N3O4S2. The molecule has 122 valence electrons. The number of hydrogen-bond donors (Lipinski definition) is 2. The number of nitrogens with zero attached hydrogens (tertiary/aromatic N) is 1. The van der Waals surface area contributed by atoms with Gasteiger partial charge in [0.25, 0.3) is 10.0 Å². The molecule has 0 radical (unpaired) electrons. The van der Waals surface area contributed by atoms with Gasteiger partial charge < -0.3 is 5.32 Å². The lowest BCUT2D eigenvalue weighted by Crippen LogP contribution is -2.51. The van der Waals surface area contributed by atoms with E-state index >= 15 is 0 Å². The molecule has 0 bridgehead atoms. The minimum atomic E-state index is -3.68. The number of carbonyl (C=O) groups is 1. The molecule has 1 heterocycles. The Bertz CT molecular complexity index is 673. The van der Waals surface area contributed by atoms with Gasteiger partial charge in [-0.25, -0.2) is 13.4 Å². The molecule has 1 aliphatic heterocycles. The van der Waals surface area contributed by atoms with Crippen LogP contribution in [0.2, 0.25) is 0 Å². The van der Waals surface area contributed by atoms with E-state index in [4.69, 9.17) is 0 Å². The first-order valence-corrected chi connectivity index (χ1v) is 9.67. The molecular weight excluding hydrogens is 326 g/mol. The molecule has 0 unspecified atom stereocenters. The number of hydrazine groups is 1. The van der Waals surface area contributed by atoms with E-state index in [0.717, 1.165) is 0 Å². The van der Waals surface area contributed by atoms with Gasteiger partial charge in [-0.3, -0.25) is 9.00 Å². The molecule has 1 aromatic rings. The Labute approximate surface area is 132 Å². The minimum absolute atomic E-state index is 0.0707. The Kier molecular flexibility index (Phi) is 5.32. The number of rotatable bonds is 4. The normalized spacial score (nSPS) is 23.2. The second-order valence-electron chi connectivity index (χ2n) is 5.14. The second-order valence-corrected chi connectivity index (χ2v) is 8.78. The van der Waals surface area contributed by atoms with Crippen molar-refractivity contribution in [2.24, 2.45) is 0 Å². The van der Waals surface area contributed by atoms with Crippen molar-refractivity contribution < 1.29 is 17.4 Å². The summed E-state index contributed by atoms with van der Waals surface area (Å²) >= 11 is 0. The van der Waals surface area contributed by atoms with E-state index in [2.05, 4.69) is 10.1 Å². The van der Waals surface area contributed by atoms with Gasteiger partial charge in [0, 0.05) is 47.5 Å². The number of carbonyl (C=O) groups excluding carboxylic acids is 1. The van der Waals surface area contributed by atoms with Gasteiger partial charge in [-0.05, 0) is 31.2 Å². The van der Waals surface area contributed by atoms with E-state index in [1.165, 1.54) is 31.2 Å². The first-order valence-electron chi connectivity index (χ1n) is 6.80. The maximum absolute atomic E-state index is 12.3. The summed E-state index contributed by atoms with van der Waals surface area (Å²) in [5.74, 6) is 0.231. The topological polar surface area (TPSA) is 95.6 Å². The van der Waals surface area contributed by atoms with Crippen molar-refractivity contribution in [2.75, 3.05) is 24.2 Å². The summed E-state index contributed by atoms with van der Waals surface area (Å²) in [6.07, 6.45) is 0. The van der Waals surface area contributed by atoms with Gasteiger partial charge in [0.05, 0.1) is 4.90 Å². The van der Waals surface area contributed by atoms with Gasteiger partial charge in [-0.15, -0.1) is 4.83 Å². The molecule has 7 nitrogen and oxygen atoms in total. The van der Waals surface area contributed by atoms with Crippen molar-refractivity contribution in [1.29, 1.82) is 0 Å². The maximum atomic E-state index is 12.3. The molecule has 2 atom stereocenters. The predicted octanol–water partition coefficient (Wildman–Crippen LogP) is 0.291. The van der Waals surface area contributed by atoms with Crippen LogP contribution in [0.25, 0.3) is 0 Å². The Morgan fingerprint density at radius 3 is 2.50 bits per heavy atom. The van der Waals surface area contributed by atoms with Crippen LogP contribution < -0.4 is 10.1 Å². The monoisotopic (exact) mass is 345 g/mol. The van der Waals surface area contributed by atoms with E-state index in [9.17, 15) is 17.4 Å². The van der Waals surface area contributed by atoms with E-state index < -0.39 is 20.8 Å². The summed E-state index contributed by atoms with van der Waals surface area (Å²) in [6.45, 7) is 4.04. The van der Waals surface area contributed by atoms with Gasteiger partial charge >= 0.3 is 0 Å². The highest BCUT2D eigenvalue weighted by Gasteiger charge is 2.26. The molecule has 1 aromatic carbocycles. The number of amides is 1. The zero-order chi connectivity index (χ0) is 16.3. The fraction of sp³-hybridized carbons (Fsp3) is 0.462. The summed E-state index contributed by atoms with van der Waals surface area (Å²) in [6, 6.07) is 5.92. The third-order valence-corrected chi connectivity index (χ3v) is 6.25. The molecule has 0 spiro atoms. The van der Waals surface area contributed by atoms with Crippen LogP contribution in [0.5, 0.6) is 0 Å². The molecule has 1 amide bonds. The van der Waals surface area contributed by atoms with Crippen LogP contribution >= 0.6 is 0 Å². The highest BCUT2D eigenvalue weighted by molar-refractivity contribution is 7.89. The van der Waals surface area contributed by atoms with Gasteiger partial charge in [0.2, 0.25) is 5.91 Å². The smallest absolute Gasteiger partial charge is 0.253 e. The largest absolute Gasteiger partial charge is 0.326 e. The summed E-state index contributed by atoms with van der Waals surface area (Å²) in [5, 5.41) is 4.08. The highest BCUT2D eigenvalue weighted by atomic mass is 32.2. The van der Waals surface area contributed by atoms with Crippen LogP contribution in [0.15, 0.2) is 29.2 Å². The fourth-order valence-electron chi connectivity index (χ4n) is 2.11. The summed E-state index contributed by atoms with van der Waals surface area (Å²) in [5.41, 5.74) is 0.536. The number of hydrogen-bond acceptors (Lipinski definition) is 5. The van der Waals surface area contributed by atoms with E-state index in [-0.39, 0.29) is 16.1 Å². The molecule has 1 fully saturated rings. The Morgan fingerprint density at radius 2 is 1.95 bits per heavy atom. The number of benzene rings is 1. The molecule has 0 aromatic heterocycles. The van der Waals surface area contributed by atoms with Crippen LogP contribution in [0, 0.1) is 0 Å². The molecule has 9 heteroatoms. The van der Waals surface area contributed by atoms with E-state index in [1.54, 1.807) is 5.01 Å². The van der Waals surface area contributed by atoms with Crippen molar-refractivity contribution in [1.82, 2.24) is 9.84 Å². The number of sulfonamides is 1. The van der Waals surface area contributed by atoms with Crippen LogP contribution in [0.4, 0.5) is 5.69 Å². The third-order valence-electron chi connectivity index (χ3n) is 3.22. The first-order chi connectivity index (χ1) is 10.3. The average molecular weight is 345 g/mol. The quantitative estimate of drug-likeness (QED) is 0.818. The zero-order valence-electron chi connectivity index (χ0n) is 12.4. The van der Waals surface area contributed by atoms with Crippen LogP contribution in [0.3, 0.4) is 0 Å². The van der Waals surface area contributed by atoms with Crippen molar-refractivity contribution >= 4 is 32.4 Å². The van der Waals surface area contributed by atoms with Crippen molar-refractivity contribution in [3.05, 3.63) is 24.3 Å². The lowest BCUT2D eigenvalue weighted by Gasteiger charge is -2.30. The summed E-state index contributed by atoms with van der Waals surface area (Å²) in [7, 11) is -4.59. The molecule has 0 aliphatic carbocycles.